The number of hydrogen-bond acceptors (Lipinski definition) is 17. The first kappa shape index (κ1) is 65.3. The summed E-state index contributed by atoms with van der Waals surface area (Å²) in [4.78, 5) is 101. The molecule has 2 bridgehead atoms. The molecule has 1 aromatic carbocycles. The number of carbonyl (C=O) groups is 7. The molecule has 0 aromatic heterocycles. The lowest BCUT2D eigenvalue weighted by Crippen LogP contribution is -2.82. The summed E-state index contributed by atoms with van der Waals surface area (Å²) in [5, 5.41) is 29.3. The number of para-hydroxylation sites is 1. The molecule has 454 valence electrons. The number of allylic oxidation sites excluding steroid dienone is 6. The SMILES string of the molecule is CCC/C=C\C/C=C\C/C=C\CCCCCCC(=O)O[C@@H](C(=O)O[C@H]1C[C@@]2(O)[C@@H](OC(=O)c3ccccc3OC)C3[C@](C)(C(=O)[C@H](OC(=O)C4CC4)C(=C1C)C2(C)C)[C@@H](O)C[C@H]1OC[C@@]31OC(C)=O)[C@H](CC(C)C)NC(=O)OC(C)(C)C. The van der Waals surface area contributed by atoms with E-state index in [-0.39, 0.29) is 54.2 Å². The predicted octanol–water partition coefficient (Wildman–Crippen LogP) is 10.0. The zero-order valence-electron chi connectivity index (χ0n) is 50.4. The summed E-state index contributed by atoms with van der Waals surface area (Å²) in [6, 6.07) is 4.98. The van der Waals surface area contributed by atoms with E-state index in [1.807, 2.05) is 13.8 Å². The molecule has 4 fully saturated rings. The van der Waals surface area contributed by atoms with E-state index in [1.54, 1.807) is 53.7 Å². The summed E-state index contributed by atoms with van der Waals surface area (Å²) in [5.74, 6) is -7.47. The minimum absolute atomic E-state index is 0.00842. The van der Waals surface area contributed by atoms with Crippen LogP contribution in [0.2, 0.25) is 0 Å². The van der Waals surface area contributed by atoms with E-state index in [0.717, 1.165) is 51.9 Å². The molecule has 1 amide bonds. The Labute approximate surface area is 484 Å². The fourth-order valence-corrected chi connectivity index (χ4v) is 12.4. The first-order chi connectivity index (χ1) is 38.7. The van der Waals surface area contributed by atoms with Crippen LogP contribution in [0.1, 0.15) is 183 Å². The number of aliphatic hydroxyl groups is 2. The molecule has 0 spiro atoms. The second-order valence-corrected chi connectivity index (χ2v) is 25.0. The topological polar surface area (TPSA) is 246 Å². The van der Waals surface area contributed by atoms with E-state index in [0.29, 0.717) is 25.7 Å². The molecule has 1 unspecified atom stereocenters. The first-order valence-corrected chi connectivity index (χ1v) is 29.5. The molecule has 82 heavy (non-hydrogen) atoms. The third kappa shape index (κ3) is 14.9. The number of amides is 1. The van der Waals surface area contributed by atoms with Gasteiger partial charge in [-0.15, -0.1) is 0 Å². The van der Waals surface area contributed by atoms with E-state index in [1.165, 1.54) is 26.2 Å². The summed E-state index contributed by atoms with van der Waals surface area (Å²) < 4.78 is 48.8. The number of unbranched alkanes of at least 4 members (excludes halogenated alkanes) is 5. The second-order valence-electron chi connectivity index (χ2n) is 25.0. The Balaban J connectivity index is 1.40. The van der Waals surface area contributed by atoms with Crippen molar-refractivity contribution in [2.45, 2.75) is 232 Å². The van der Waals surface area contributed by atoms with Crippen molar-refractivity contribution >= 4 is 41.7 Å². The molecule has 1 aromatic rings. The van der Waals surface area contributed by atoms with Gasteiger partial charge in [-0.2, -0.15) is 0 Å². The molecule has 4 aliphatic carbocycles. The van der Waals surface area contributed by atoms with Gasteiger partial charge in [0, 0.05) is 31.6 Å². The number of ketones is 1. The Kier molecular flexibility index (Phi) is 22.1. The number of alkyl carbamates (subject to hydrolysis) is 1. The summed E-state index contributed by atoms with van der Waals surface area (Å²) in [5.41, 5.74) is -8.97. The van der Waals surface area contributed by atoms with Crippen molar-refractivity contribution in [3.8, 4) is 5.75 Å². The highest BCUT2D eigenvalue weighted by Crippen LogP contribution is 2.64. The predicted molar refractivity (Wildman–Crippen MR) is 304 cm³/mol. The van der Waals surface area contributed by atoms with Crippen LogP contribution < -0.4 is 10.1 Å². The maximum atomic E-state index is 16.1. The average molecular weight is 1150 g/mol. The van der Waals surface area contributed by atoms with Gasteiger partial charge in [-0.3, -0.25) is 19.2 Å². The van der Waals surface area contributed by atoms with Crippen LogP contribution in [0.3, 0.4) is 0 Å². The fraction of sp³-hybridized carbons (Fsp3) is 0.672. The average Bonchev–Trinajstić information content (AvgIpc) is 1.17. The quantitative estimate of drug-likeness (QED) is 0.0338. The molecule has 0 radical (unpaired) electrons. The van der Waals surface area contributed by atoms with Gasteiger partial charge in [0.1, 0.15) is 40.8 Å². The Morgan fingerprint density at radius 3 is 2.13 bits per heavy atom. The number of carbonyl (C=O) groups excluding carboxylic acids is 7. The number of aliphatic hydroxyl groups excluding tert-OH is 1. The van der Waals surface area contributed by atoms with E-state index in [2.05, 4.69) is 48.7 Å². The van der Waals surface area contributed by atoms with Crippen LogP contribution in [-0.4, -0.2) is 125 Å². The fourth-order valence-electron chi connectivity index (χ4n) is 12.4. The largest absolute Gasteiger partial charge is 0.496 e. The van der Waals surface area contributed by atoms with Crippen molar-refractivity contribution in [3.05, 3.63) is 77.4 Å². The van der Waals surface area contributed by atoms with Crippen LogP contribution >= 0.6 is 0 Å². The van der Waals surface area contributed by atoms with Crippen LogP contribution in [0.25, 0.3) is 0 Å². The van der Waals surface area contributed by atoms with Crippen molar-refractivity contribution in [2.75, 3.05) is 13.7 Å². The molecule has 11 atom stereocenters. The van der Waals surface area contributed by atoms with Crippen molar-refractivity contribution < 1.29 is 81.7 Å². The number of ether oxygens (including phenoxy) is 8. The summed E-state index contributed by atoms with van der Waals surface area (Å²) in [7, 11) is 1.36. The van der Waals surface area contributed by atoms with Crippen molar-refractivity contribution in [3.63, 3.8) is 0 Å². The highest BCUT2D eigenvalue weighted by atomic mass is 16.6. The van der Waals surface area contributed by atoms with Crippen molar-refractivity contribution in [1.29, 1.82) is 0 Å². The first-order valence-electron chi connectivity index (χ1n) is 29.5. The van der Waals surface area contributed by atoms with E-state index < -0.39 is 130 Å². The molecule has 1 heterocycles. The Bertz CT molecular complexity index is 2590. The van der Waals surface area contributed by atoms with Gasteiger partial charge in [0.15, 0.2) is 17.5 Å². The molecule has 5 aliphatic rings. The van der Waals surface area contributed by atoms with Gasteiger partial charge in [0.2, 0.25) is 6.10 Å². The molecule has 3 saturated carbocycles. The van der Waals surface area contributed by atoms with Gasteiger partial charge in [0.25, 0.3) is 0 Å². The minimum Gasteiger partial charge on any atom is -0.496 e. The van der Waals surface area contributed by atoms with Gasteiger partial charge in [0.05, 0.1) is 43.1 Å². The number of fused-ring (bicyclic) bond motifs is 5. The van der Waals surface area contributed by atoms with Gasteiger partial charge in [-0.05, 0) is 122 Å². The zero-order chi connectivity index (χ0) is 60.4. The lowest BCUT2D eigenvalue weighted by molar-refractivity contribution is -0.346. The number of nitrogens with one attached hydrogen (secondary N) is 1. The van der Waals surface area contributed by atoms with Crippen LogP contribution in [-0.2, 0) is 57.1 Å². The number of methoxy groups -OCH3 is 1. The maximum Gasteiger partial charge on any atom is 0.408 e. The number of hydrogen-bond donors (Lipinski definition) is 3. The van der Waals surface area contributed by atoms with Gasteiger partial charge < -0.3 is 53.4 Å². The highest BCUT2D eigenvalue weighted by molar-refractivity contribution is 5.96. The molecule has 1 aliphatic heterocycles. The summed E-state index contributed by atoms with van der Waals surface area (Å²) in [6.45, 7) is 17.9. The Morgan fingerprint density at radius 2 is 1.54 bits per heavy atom. The Morgan fingerprint density at radius 1 is 0.890 bits per heavy atom. The van der Waals surface area contributed by atoms with Crippen LogP contribution in [0.4, 0.5) is 4.79 Å². The van der Waals surface area contributed by atoms with Crippen molar-refractivity contribution in [1.82, 2.24) is 5.32 Å². The third-order valence-corrected chi connectivity index (χ3v) is 16.9. The van der Waals surface area contributed by atoms with Crippen LogP contribution in [0, 0.1) is 28.6 Å². The second kappa shape index (κ2) is 27.7. The van der Waals surface area contributed by atoms with E-state index >= 15 is 9.59 Å². The lowest BCUT2D eigenvalue weighted by Gasteiger charge is -2.67. The molecule has 18 nitrogen and oxygen atoms in total. The van der Waals surface area contributed by atoms with Crippen LogP contribution in [0.15, 0.2) is 71.9 Å². The summed E-state index contributed by atoms with van der Waals surface area (Å²) in [6.07, 6.45) is 10.3. The number of Topliss-reactive ketones (excluding diaryl/α,β-unsaturated/α-hetero) is 1. The van der Waals surface area contributed by atoms with Crippen molar-refractivity contribution in [2.24, 2.45) is 28.6 Å². The standard InChI is InChI=1S/C64H91NO17/c1-13-14-15-16-17-18-19-20-21-22-23-24-25-26-27-32-49(68)78-51(44(35-39(2)3)65-59(73)82-60(6,7)8)58(72)77-46-37-64(74)55(80-57(71)43-30-28-29-31-45(43)75-12)53-62(11,47(67)36-48-63(53,38-76-48)81-41(5)66)54(69)52(79-56(70)42-33-34-42)50(40(46)4)61(64,9)10/h15-16,18-19,21-22,28-31,39,42,44,46-48,51-53,55,67,74H,13-14,17,20,23-27,32-38H2,1-12H3,(H,65,73)/b16-15-,19-18-,22-21-/t44-,46-,47-,48+,51+,52+,53?,55-,62+,63-,64+/m0/s1. The highest BCUT2D eigenvalue weighted by Gasteiger charge is 2.78. The maximum absolute atomic E-state index is 16.1. The Hall–Kier alpha value is -5.85. The number of rotatable bonds is 26. The number of benzene rings is 1. The smallest absolute Gasteiger partial charge is 0.408 e. The zero-order valence-corrected chi connectivity index (χ0v) is 50.4. The van der Waals surface area contributed by atoms with E-state index in [9.17, 15) is 34.2 Å². The minimum atomic E-state index is -2.47. The molecule has 6 rings (SSSR count). The van der Waals surface area contributed by atoms with Crippen LogP contribution in [0.5, 0.6) is 5.75 Å². The summed E-state index contributed by atoms with van der Waals surface area (Å²) >= 11 is 0. The molecule has 1 saturated heterocycles. The molecule has 3 N–H and O–H groups in total. The monoisotopic (exact) mass is 1150 g/mol. The van der Waals surface area contributed by atoms with E-state index in [4.69, 9.17) is 37.9 Å². The van der Waals surface area contributed by atoms with Gasteiger partial charge >= 0.3 is 35.9 Å². The molecular formula is C64H91NO17. The van der Waals surface area contributed by atoms with Gasteiger partial charge in [-0.25, -0.2) is 14.4 Å². The number of esters is 5. The molecule has 18 heteroatoms. The van der Waals surface area contributed by atoms with Gasteiger partial charge in [-0.1, -0.05) is 102 Å². The lowest BCUT2D eigenvalue weighted by atomic mass is 9.44. The molecular weight excluding hydrogens is 1050 g/mol. The normalized spacial score (nSPS) is 28.5. The third-order valence-electron chi connectivity index (χ3n) is 16.9.